The molecule has 2 heterocycles. The smallest absolute Gasteiger partial charge is 0.137 e. The van der Waals surface area contributed by atoms with Gasteiger partial charge in [0.2, 0.25) is 0 Å². The van der Waals surface area contributed by atoms with Gasteiger partial charge >= 0.3 is 0 Å². The molecule has 0 aliphatic carbocycles. The number of rotatable bonds is 2. The predicted octanol–water partition coefficient (Wildman–Crippen LogP) is 4.68. The van der Waals surface area contributed by atoms with Crippen molar-refractivity contribution < 1.29 is 0 Å². The van der Waals surface area contributed by atoms with Crippen molar-refractivity contribution >= 4 is 28.8 Å². The van der Waals surface area contributed by atoms with E-state index in [0.29, 0.717) is 10.0 Å². The molecule has 0 radical (unpaired) electrons. The lowest BCUT2D eigenvalue weighted by Gasteiger charge is -2.04. The van der Waals surface area contributed by atoms with E-state index in [4.69, 9.17) is 28.5 Å². The summed E-state index contributed by atoms with van der Waals surface area (Å²) in [4.78, 5) is 4.62. The van der Waals surface area contributed by atoms with Crippen molar-refractivity contribution in [2.45, 2.75) is 13.3 Å². The maximum Gasteiger partial charge on any atom is 0.137 e. The summed E-state index contributed by atoms with van der Waals surface area (Å²) in [6.45, 7) is 1.95. The third kappa shape index (κ3) is 2.49. The maximum absolute atomic E-state index is 9.09. The second-order valence-corrected chi connectivity index (χ2v) is 5.63. The molecule has 0 unspecified atom stereocenters. The highest BCUT2D eigenvalue weighted by Crippen LogP contribution is 2.28. The molecule has 5 heteroatoms. The molecule has 0 aliphatic heterocycles. The molecule has 0 saturated carbocycles. The minimum absolute atomic E-state index is 0.262. The van der Waals surface area contributed by atoms with Gasteiger partial charge in [-0.05, 0) is 36.8 Å². The average molecular weight is 316 g/mol. The summed E-state index contributed by atoms with van der Waals surface area (Å²) in [7, 11) is 0. The number of halogens is 2. The van der Waals surface area contributed by atoms with Crippen molar-refractivity contribution in [3.63, 3.8) is 0 Å². The largest absolute Gasteiger partial charge is 0.301 e. The summed E-state index contributed by atoms with van der Waals surface area (Å²) in [5.41, 5.74) is 4.32. The average Bonchev–Trinajstić information content (AvgIpc) is 2.81. The first-order chi connectivity index (χ1) is 10.1. The lowest BCUT2D eigenvalue weighted by Crippen LogP contribution is -1.93. The first kappa shape index (κ1) is 13.9. The lowest BCUT2D eigenvalue weighted by atomic mass is 10.1. The van der Waals surface area contributed by atoms with Gasteiger partial charge in [-0.2, -0.15) is 5.26 Å². The van der Waals surface area contributed by atoms with E-state index in [1.807, 2.05) is 35.6 Å². The van der Waals surface area contributed by atoms with E-state index >= 15 is 0 Å². The Labute approximate surface area is 132 Å². The monoisotopic (exact) mass is 315 g/mol. The number of hydrogen-bond acceptors (Lipinski definition) is 2. The van der Waals surface area contributed by atoms with Gasteiger partial charge in [-0.15, -0.1) is 0 Å². The molecule has 0 N–H and O–H groups in total. The van der Waals surface area contributed by atoms with Crippen molar-refractivity contribution in [3.8, 4) is 17.3 Å². The topological polar surface area (TPSA) is 41.1 Å². The van der Waals surface area contributed by atoms with Crippen LogP contribution in [0.15, 0.2) is 36.5 Å². The number of aryl methyl sites for hydroxylation is 1. The fourth-order valence-corrected chi connectivity index (χ4v) is 2.61. The Morgan fingerprint density at radius 3 is 2.76 bits per heavy atom. The second kappa shape index (κ2) is 5.40. The Morgan fingerprint density at radius 1 is 1.24 bits per heavy atom. The molecule has 3 nitrogen and oxygen atoms in total. The fourth-order valence-electron chi connectivity index (χ4n) is 2.33. The summed E-state index contributed by atoms with van der Waals surface area (Å²) >= 11 is 12.1. The summed E-state index contributed by atoms with van der Waals surface area (Å²) < 4.78 is 1.87. The van der Waals surface area contributed by atoms with Gasteiger partial charge in [-0.3, -0.25) is 0 Å². The Kier molecular flexibility index (Phi) is 3.59. The summed E-state index contributed by atoms with van der Waals surface area (Å²) in [5, 5.41) is 10.4. The van der Waals surface area contributed by atoms with Gasteiger partial charge in [0.05, 0.1) is 28.9 Å². The molecule has 104 valence electrons. The normalized spacial score (nSPS) is 10.8. The van der Waals surface area contributed by atoms with Crippen molar-refractivity contribution in [2.24, 2.45) is 0 Å². The number of pyridine rings is 1. The number of benzene rings is 1. The van der Waals surface area contributed by atoms with E-state index in [-0.39, 0.29) is 6.42 Å². The van der Waals surface area contributed by atoms with E-state index in [1.54, 1.807) is 12.3 Å². The molecule has 3 rings (SSSR count). The molecular formula is C16H11Cl2N3. The number of hydrogen-bond donors (Lipinski definition) is 0. The van der Waals surface area contributed by atoms with Crippen molar-refractivity contribution in [1.82, 2.24) is 9.38 Å². The Hall–Kier alpha value is -2.02. The highest BCUT2D eigenvalue weighted by atomic mass is 35.5. The zero-order valence-corrected chi connectivity index (χ0v) is 12.8. The van der Waals surface area contributed by atoms with Crippen molar-refractivity contribution in [1.29, 1.82) is 5.26 Å². The summed E-state index contributed by atoms with van der Waals surface area (Å²) in [6.07, 6.45) is 2.04. The van der Waals surface area contributed by atoms with Crippen LogP contribution in [0, 0.1) is 18.3 Å². The van der Waals surface area contributed by atoms with E-state index in [9.17, 15) is 0 Å². The van der Waals surface area contributed by atoms with Gasteiger partial charge in [-0.1, -0.05) is 29.3 Å². The zero-order valence-electron chi connectivity index (χ0n) is 11.3. The molecule has 0 aliphatic rings. The van der Waals surface area contributed by atoms with Crippen LogP contribution >= 0.6 is 23.2 Å². The first-order valence-electron chi connectivity index (χ1n) is 6.40. The lowest BCUT2D eigenvalue weighted by molar-refractivity contribution is 1.06. The molecule has 0 fully saturated rings. The van der Waals surface area contributed by atoms with Crippen LogP contribution in [-0.2, 0) is 6.42 Å². The maximum atomic E-state index is 9.09. The van der Waals surface area contributed by atoms with Gasteiger partial charge in [-0.25, -0.2) is 4.98 Å². The minimum atomic E-state index is 0.262. The van der Waals surface area contributed by atoms with Gasteiger partial charge in [0, 0.05) is 16.8 Å². The number of nitrogens with zero attached hydrogens (tertiary/aromatic N) is 3. The van der Waals surface area contributed by atoms with Crippen molar-refractivity contribution in [2.75, 3.05) is 0 Å². The first-order valence-corrected chi connectivity index (χ1v) is 7.15. The standard InChI is InChI=1S/C16H11Cl2N3/c1-10-8-11(2-4-13(10)18)16-14(6-7-19)21-9-12(17)3-5-15(21)20-16/h2-5,8-9H,6H2,1H3. The molecule has 3 aromatic rings. The Bertz CT molecular complexity index is 875. The van der Waals surface area contributed by atoms with Crippen LogP contribution in [0.3, 0.4) is 0 Å². The third-order valence-electron chi connectivity index (χ3n) is 3.36. The Morgan fingerprint density at radius 2 is 2.05 bits per heavy atom. The SMILES string of the molecule is Cc1cc(-c2nc3ccc(Cl)cn3c2CC#N)ccc1Cl. The summed E-state index contributed by atoms with van der Waals surface area (Å²) in [6, 6.07) is 11.6. The fraction of sp³-hybridized carbons (Fsp3) is 0.125. The van der Waals surface area contributed by atoms with Gasteiger partial charge in [0.1, 0.15) is 5.65 Å². The molecule has 0 spiro atoms. The van der Waals surface area contributed by atoms with Crippen molar-refractivity contribution in [3.05, 3.63) is 57.8 Å². The van der Waals surface area contributed by atoms with E-state index in [0.717, 1.165) is 28.2 Å². The third-order valence-corrected chi connectivity index (χ3v) is 4.01. The van der Waals surface area contributed by atoms with Crippen LogP contribution < -0.4 is 0 Å². The van der Waals surface area contributed by atoms with Crippen LogP contribution in [0.25, 0.3) is 16.9 Å². The molecule has 1 aromatic carbocycles. The molecule has 2 aromatic heterocycles. The van der Waals surface area contributed by atoms with Crippen LogP contribution in [0.1, 0.15) is 11.3 Å². The van der Waals surface area contributed by atoms with Gasteiger partial charge < -0.3 is 4.40 Å². The highest BCUT2D eigenvalue weighted by Gasteiger charge is 2.14. The number of aromatic nitrogens is 2. The minimum Gasteiger partial charge on any atom is -0.301 e. The number of fused-ring (bicyclic) bond motifs is 1. The molecular weight excluding hydrogens is 305 g/mol. The van der Waals surface area contributed by atoms with Crippen LogP contribution in [-0.4, -0.2) is 9.38 Å². The zero-order chi connectivity index (χ0) is 15.0. The van der Waals surface area contributed by atoms with Gasteiger partial charge in [0.15, 0.2) is 0 Å². The predicted molar refractivity (Wildman–Crippen MR) is 84.7 cm³/mol. The number of nitriles is 1. The summed E-state index contributed by atoms with van der Waals surface area (Å²) in [5.74, 6) is 0. The van der Waals surface area contributed by atoms with Gasteiger partial charge in [0.25, 0.3) is 0 Å². The van der Waals surface area contributed by atoms with Crippen LogP contribution in [0.5, 0.6) is 0 Å². The molecule has 0 atom stereocenters. The molecule has 0 saturated heterocycles. The van der Waals surface area contributed by atoms with Crippen LogP contribution in [0.4, 0.5) is 0 Å². The molecule has 0 amide bonds. The van der Waals surface area contributed by atoms with E-state index in [1.165, 1.54) is 0 Å². The Balaban J connectivity index is 2.28. The van der Waals surface area contributed by atoms with E-state index < -0.39 is 0 Å². The molecule has 21 heavy (non-hydrogen) atoms. The highest BCUT2D eigenvalue weighted by molar-refractivity contribution is 6.31. The van der Waals surface area contributed by atoms with E-state index in [2.05, 4.69) is 11.1 Å². The molecule has 0 bridgehead atoms. The second-order valence-electron chi connectivity index (χ2n) is 4.78. The quantitative estimate of drug-likeness (QED) is 0.688. The van der Waals surface area contributed by atoms with Crippen LogP contribution in [0.2, 0.25) is 10.0 Å². The number of imidazole rings is 1.